The zero-order valence-electron chi connectivity index (χ0n) is 30.8. The van der Waals surface area contributed by atoms with Gasteiger partial charge in [-0.1, -0.05) is 62.7 Å². The van der Waals surface area contributed by atoms with Gasteiger partial charge >= 0.3 is 18.6 Å². The van der Waals surface area contributed by atoms with Crippen molar-refractivity contribution in [3.8, 4) is 21.7 Å². The number of esters is 1. The number of amides is 2. The Kier molecular flexibility index (Phi) is 10.9. The first kappa shape index (κ1) is 38.9. The lowest BCUT2D eigenvalue weighted by Gasteiger charge is -2.35. The van der Waals surface area contributed by atoms with Crippen molar-refractivity contribution in [3.63, 3.8) is 0 Å². The second-order valence-corrected chi connectivity index (χ2v) is 16.9. The van der Waals surface area contributed by atoms with Crippen LogP contribution in [-0.2, 0) is 24.6 Å². The number of alkyl halides is 2. The maximum Gasteiger partial charge on any atom is 0.414 e. The van der Waals surface area contributed by atoms with E-state index in [0.717, 1.165) is 24.4 Å². The number of carbonyl (C=O) groups is 3. The molecule has 1 saturated carbocycles. The van der Waals surface area contributed by atoms with Crippen molar-refractivity contribution in [2.75, 3.05) is 6.61 Å². The summed E-state index contributed by atoms with van der Waals surface area (Å²) >= 11 is 7.78. The van der Waals surface area contributed by atoms with Gasteiger partial charge in [-0.15, -0.1) is 0 Å². The zero-order valence-corrected chi connectivity index (χ0v) is 32.4. The van der Waals surface area contributed by atoms with Crippen molar-refractivity contribution < 1.29 is 32.6 Å². The van der Waals surface area contributed by atoms with Gasteiger partial charge in [-0.25, -0.2) is 19.5 Å². The van der Waals surface area contributed by atoms with E-state index in [0.29, 0.717) is 42.5 Å². The zero-order chi connectivity index (χ0) is 39.0. The number of aromatic nitrogens is 4. The average Bonchev–Trinajstić information content (AvgIpc) is 3.43. The van der Waals surface area contributed by atoms with Crippen molar-refractivity contribution in [2.24, 2.45) is 16.3 Å². The summed E-state index contributed by atoms with van der Waals surface area (Å²) in [5, 5.41) is 7.42. The molecule has 286 valence electrons. The van der Waals surface area contributed by atoms with E-state index in [9.17, 15) is 18.4 Å². The van der Waals surface area contributed by atoms with E-state index in [-0.39, 0.29) is 31.3 Å². The average molecular weight is 782 g/mol. The van der Waals surface area contributed by atoms with Crippen molar-refractivity contribution in [1.82, 2.24) is 29.4 Å². The lowest BCUT2D eigenvalue weighted by molar-refractivity contribution is -0.148. The van der Waals surface area contributed by atoms with Gasteiger partial charge in [0.2, 0.25) is 5.96 Å². The van der Waals surface area contributed by atoms with Crippen molar-refractivity contribution >= 4 is 47.1 Å². The summed E-state index contributed by atoms with van der Waals surface area (Å²) in [6.45, 7) is 8.00. The fourth-order valence-electron chi connectivity index (χ4n) is 6.37. The van der Waals surface area contributed by atoms with E-state index < -0.39 is 47.1 Å². The predicted molar refractivity (Wildman–Crippen MR) is 200 cm³/mol. The molecule has 6 rings (SSSR count). The molecule has 2 amide bonds. The summed E-state index contributed by atoms with van der Waals surface area (Å²) < 4.78 is 42.7. The number of halogens is 3. The Morgan fingerprint density at radius 1 is 1.07 bits per heavy atom. The number of hydrogen-bond donors (Lipinski definition) is 1. The van der Waals surface area contributed by atoms with Gasteiger partial charge in [0.25, 0.3) is 5.91 Å². The minimum atomic E-state index is -2.80. The second kappa shape index (κ2) is 15.2. The Balaban J connectivity index is 1.48. The summed E-state index contributed by atoms with van der Waals surface area (Å²) in [4.78, 5) is 52.6. The van der Waals surface area contributed by atoms with E-state index in [4.69, 9.17) is 26.1 Å². The highest BCUT2D eigenvalue weighted by molar-refractivity contribution is 7.09. The number of nitrogens with zero attached hydrogens (tertiary/aromatic N) is 6. The summed E-state index contributed by atoms with van der Waals surface area (Å²) in [7, 11) is 0. The lowest BCUT2D eigenvalue weighted by atomic mass is 9.75. The molecule has 2 atom stereocenters. The fraction of sp³-hybridized carbons (Fsp3) is 0.447. The highest BCUT2D eigenvalue weighted by atomic mass is 35.5. The molecule has 0 bridgehead atoms. The third-order valence-electron chi connectivity index (χ3n) is 8.83. The molecule has 1 aliphatic carbocycles. The Labute approximate surface area is 321 Å². The molecule has 16 heteroatoms. The van der Waals surface area contributed by atoms with Crippen LogP contribution in [0.25, 0.3) is 21.7 Å². The molecule has 1 aliphatic heterocycles. The van der Waals surface area contributed by atoms with E-state index >= 15 is 4.79 Å². The van der Waals surface area contributed by atoms with Crippen LogP contribution in [0.3, 0.4) is 0 Å². The number of rotatable bonds is 11. The molecular weight excluding hydrogens is 740 g/mol. The molecule has 3 heterocycles. The van der Waals surface area contributed by atoms with Gasteiger partial charge in [0.15, 0.2) is 5.54 Å². The largest absolute Gasteiger partial charge is 0.463 e. The number of hydrogen-bond acceptors (Lipinski definition) is 10. The van der Waals surface area contributed by atoms with Gasteiger partial charge in [0.1, 0.15) is 23.5 Å². The first-order valence-corrected chi connectivity index (χ1v) is 18.7. The smallest absolute Gasteiger partial charge is 0.414 e. The number of ether oxygens (including phenoxy) is 2. The maximum atomic E-state index is 15.4. The molecule has 2 aliphatic rings. The first-order chi connectivity index (χ1) is 25.4. The van der Waals surface area contributed by atoms with Crippen molar-refractivity contribution in [3.05, 3.63) is 77.3 Å². The van der Waals surface area contributed by atoms with E-state index in [2.05, 4.69) is 19.8 Å². The van der Waals surface area contributed by atoms with E-state index in [1.54, 1.807) is 63.2 Å². The van der Waals surface area contributed by atoms with Gasteiger partial charge in [0, 0.05) is 23.7 Å². The second-order valence-electron chi connectivity index (χ2n) is 15.7. The molecule has 1 N–H and O–H groups in total. The first-order valence-electron chi connectivity index (χ1n) is 17.5. The number of carbonyl (C=O) groups excluding carboxylic acids is 3. The van der Waals surface area contributed by atoms with Crippen LogP contribution in [0.1, 0.15) is 90.9 Å². The Morgan fingerprint density at radius 3 is 2.39 bits per heavy atom. The van der Waals surface area contributed by atoms with Crippen LogP contribution >= 0.6 is 23.1 Å². The van der Waals surface area contributed by atoms with Crippen LogP contribution in [0.5, 0.6) is 0 Å². The van der Waals surface area contributed by atoms with Gasteiger partial charge in [-0.05, 0) is 91.7 Å². The molecule has 0 radical (unpaired) electrons. The minimum absolute atomic E-state index is 0.101. The maximum absolute atomic E-state index is 15.4. The van der Waals surface area contributed by atoms with E-state index in [1.165, 1.54) is 23.6 Å². The molecule has 1 fully saturated rings. The molecule has 4 aromatic rings. The lowest BCUT2D eigenvalue weighted by Crippen LogP contribution is -2.50. The Bertz CT molecular complexity index is 2040. The van der Waals surface area contributed by atoms with Crippen LogP contribution in [-0.4, -0.2) is 60.2 Å². The SMILES string of the molecule is CC(C)(C)C[C@]1(c2ccc(-c3cnn(C(F)F)c3)cc2)N=C(NC(=O)OC(C)(C)C)N([C@H](COC(=O)CC2CC2)c2ccc(Cl)c(-c3ncns3)c2)C1=O. The van der Waals surface area contributed by atoms with E-state index in [1.807, 2.05) is 20.8 Å². The van der Waals surface area contributed by atoms with Gasteiger partial charge in [-0.2, -0.15) is 18.3 Å². The molecule has 54 heavy (non-hydrogen) atoms. The standard InChI is InChI=1S/C38H42ClF2N7O5S/c1-36(2,3)20-38(26-12-9-23(10-13-26)25-17-43-47(18-25)33(40)41)32(50)48(34(46-38)45-35(51)53-37(4,5)6)29(19-52-30(49)15-22-7-8-22)24-11-14-28(39)27(16-24)31-42-21-44-54-31/h9-14,16-18,21-22,29,33H,7-8,15,19-20H2,1-6H3,(H,45,46,51)/t29-,38-/m1/s1. The number of aliphatic imine (C=N–C) groups is 1. The number of nitrogens with one attached hydrogen (secondary N) is 1. The van der Waals surface area contributed by atoms with Crippen molar-refractivity contribution in [2.45, 2.75) is 91.0 Å². The highest BCUT2D eigenvalue weighted by Gasteiger charge is 2.54. The fourth-order valence-corrected chi connectivity index (χ4v) is 7.19. The molecule has 12 nitrogen and oxygen atoms in total. The number of benzene rings is 2. The number of alkyl carbamates (subject to hydrolysis) is 1. The molecular formula is C38H42ClF2N7O5S. The minimum Gasteiger partial charge on any atom is -0.463 e. The van der Waals surface area contributed by atoms with Crippen LogP contribution in [0.4, 0.5) is 13.6 Å². The Hall–Kier alpha value is -4.76. The summed E-state index contributed by atoms with van der Waals surface area (Å²) in [5.41, 5.74) is -0.297. The third kappa shape index (κ3) is 8.95. The normalized spacial score (nSPS) is 18.1. The molecule has 2 aromatic carbocycles. The Morgan fingerprint density at radius 2 is 1.80 bits per heavy atom. The van der Waals surface area contributed by atoms with Crippen LogP contribution in [0.2, 0.25) is 5.02 Å². The molecule has 2 aromatic heterocycles. The topological polar surface area (TPSA) is 141 Å². The summed E-state index contributed by atoms with van der Waals surface area (Å²) in [6, 6.07) is 11.0. The van der Waals surface area contributed by atoms with Gasteiger partial charge in [0.05, 0.1) is 17.3 Å². The number of guanidine groups is 1. The quantitative estimate of drug-likeness (QED) is 0.149. The van der Waals surface area contributed by atoms with Crippen LogP contribution in [0, 0.1) is 11.3 Å². The van der Waals surface area contributed by atoms with Crippen LogP contribution < -0.4 is 5.32 Å². The predicted octanol–water partition coefficient (Wildman–Crippen LogP) is 8.56. The van der Waals surface area contributed by atoms with Crippen LogP contribution in [0.15, 0.2) is 66.2 Å². The molecule has 0 unspecified atom stereocenters. The summed E-state index contributed by atoms with van der Waals surface area (Å²) in [5.74, 6) is -0.728. The third-order valence-corrected chi connectivity index (χ3v) is 9.85. The molecule has 0 saturated heterocycles. The summed E-state index contributed by atoms with van der Waals surface area (Å²) in [6.07, 6.45) is 5.50. The monoisotopic (exact) mass is 781 g/mol. The van der Waals surface area contributed by atoms with Gasteiger partial charge < -0.3 is 9.47 Å². The molecule has 0 spiro atoms. The van der Waals surface area contributed by atoms with Crippen molar-refractivity contribution in [1.29, 1.82) is 0 Å². The highest BCUT2D eigenvalue weighted by Crippen LogP contribution is 2.46. The van der Waals surface area contributed by atoms with Gasteiger partial charge in [-0.3, -0.25) is 19.8 Å².